The van der Waals surface area contributed by atoms with Crippen LogP contribution in [0.2, 0.25) is 0 Å². The molecular formula is C98H133N7O28. The number of rotatable bonds is 35. The average Bonchev–Trinajstić information content (AvgIpc) is 0.862. The summed E-state index contributed by atoms with van der Waals surface area (Å²) in [6.45, 7) is 1.27. The summed E-state index contributed by atoms with van der Waals surface area (Å²) in [5.74, 6) is 0. The smallest absolute Gasteiger partial charge is 0.187 e. The third-order valence-electron chi connectivity index (χ3n) is 26.0. The molecule has 0 aromatic heterocycles. The molecular weight excluding hydrogens is 1720 g/mol. The van der Waals surface area contributed by atoms with Crippen LogP contribution in [0.1, 0.15) is 38.9 Å². The van der Waals surface area contributed by atoms with Crippen molar-refractivity contribution in [3.8, 4) is 0 Å². The summed E-state index contributed by atoms with van der Waals surface area (Å²) in [7, 11) is 0. The number of aliphatic hydroxyl groups excluding tert-OH is 14. The van der Waals surface area contributed by atoms with Crippen molar-refractivity contribution in [3.63, 3.8) is 0 Å². The molecule has 7 aromatic rings. The van der Waals surface area contributed by atoms with Crippen LogP contribution in [0.5, 0.6) is 0 Å². The van der Waals surface area contributed by atoms with Crippen LogP contribution in [-0.4, -0.2) is 378 Å². The van der Waals surface area contributed by atoms with Gasteiger partial charge in [-0.15, -0.1) is 0 Å². The molecule has 15 saturated heterocycles. The quantitative estimate of drug-likeness (QED) is 0.0185. The maximum absolute atomic E-state index is 12.7. The molecule has 15 aliphatic heterocycles. The van der Waals surface area contributed by atoms with Gasteiger partial charge in [0.1, 0.15) is 171 Å². The monoisotopic (exact) mass is 1860 g/mol. The number of aliphatic hydroxyl groups is 14. The van der Waals surface area contributed by atoms with Crippen LogP contribution in [0, 0.1) is 0 Å². The van der Waals surface area contributed by atoms with E-state index < -0.39 is 215 Å². The van der Waals surface area contributed by atoms with Crippen LogP contribution in [0.15, 0.2) is 212 Å². The maximum Gasteiger partial charge on any atom is 0.187 e. The van der Waals surface area contributed by atoms with Gasteiger partial charge in [0.05, 0.1) is 0 Å². The van der Waals surface area contributed by atoms with Crippen LogP contribution in [0.3, 0.4) is 0 Å². The summed E-state index contributed by atoms with van der Waals surface area (Å²) in [5, 5.41) is 201. The standard InChI is InChI=1S/C98H133N7O28/c106-71-78(113)92-120-64(50-99-43-36-57-22-8-1-9-23-57)85(71)127-93-79(114)72(107)87(66(121-93)52-101-45-38-59-26-12-3-13-27-59)129-95-81(116)74(109)89(68(123-95)54-103-47-40-61-30-16-5-17-31-61)131-97-83(118)76(111)91(70(125-97)56-105-49-42-63-34-20-7-21-35-63)133-98-84(119)77(112)90(69(126-98)55-104-48-41-62-32-18-6-19-33-62)132-96-82(117)75(110)88(67(124-96)53-102-46-39-60-28-14-4-15-29-60)130-94-80(115)73(108)86(128-92)65(122-94)51-100-44-37-58-24-10-2-11-25-58/h1-35,64-119H,36-56H2/t64-,65-,66-,67-,68+,69+,70+,71+,72+,73+,74+,75+,76+,77-,78+,79+,80+,81+,82+,83-,84-,85+,86+,87+,88+,89+,90+,91+,92+,93+,94+,95+,96+,97+,98+/m0/s1. The average molecular weight is 1860 g/mol. The van der Waals surface area contributed by atoms with E-state index in [1.807, 2.05) is 212 Å². The highest BCUT2D eigenvalue weighted by Crippen LogP contribution is 2.40. The van der Waals surface area contributed by atoms with E-state index in [2.05, 4.69) is 37.2 Å². The van der Waals surface area contributed by atoms with Crippen molar-refractivity contribution in [2.45, 2.75) is 260 Å². The Kier molecular flexibility index (Phi) is 37.9. The molecule has 7 aromatic carbocycles. The minimum Gasteiger partial charge on any atom is -0.387 e. The van der Waals surface area contributed by atoms with Crippen LogP contribution in [-0.2, 0) is 111 Å². The van der Waals surface area contributed by atoms with Crippen molar-refractivity contribution in [2.75, 3.05) is 91.6 Å². The largest absolute Gasteiger partial charge is 0.387 e. The zero-order valence-electron chi connectivity index (χ0n) is 74.2. The van der Waals surface area contributed by atoms with Crippen molar-refractivity contribution in [2.24, 2.45) is 0 Å². The Hall–Kier alpha value is -6.86. The van der Waals surface area contributed by atoms with Gasteiger partial charge in [-0.3, -0.25) is 0 Å². The molecule has 14 bridgehead atoms. The van der Waals surface area contributed by atoms with Gasteiger partial charge in [0.25, 0.3) is 0 Å². The minimum atomic E-state index is -2.07. The summed E-state index contributed by atoms with van der Waals surface area (Å²) in [5.41, 5.74) is 6.85. The lowest BCUT2D eigenvalue weighted by molar-refractivity contribution is -0.392. The molecule has 15 aliphatic rings. The Morgan fingerprint density at radius 1 is 0.150 bits per heavy atom. The fourth-order valence-electron chi connectivity index (χ4n) is 18.4. The van der Waals surface area contributed by atoms with E-state index in [1.165, 1.54) is 0 Å². The van der Waals surface area contributed by atoms with E-state index in [-0.39, 0.29) is 45.8 Å². The first-order chi connectivity index (χ1) is 64.8. The van der Waals surface area contributed by atoms with Crippen molar-refractivity contribution in [1.29, 1.82) is 0 Å². The topological polar surface area (TPSA) is 497 Å². The Morgan fingerprint density at radius 2 is 0.263 bits per heavy atom. The molecule has 728 valence electrons. The Labute approximate surface area is 774 Å². The molecule has 35 heteroatoms. The first-order valence-electron chi connectivity index (χ1n) is 46.7. The molecule has 35 atom stereocenters. The van der Waals surface area contributed by atoms with Crippen LogP contribution in [0.4, 0.5) is 0 Å². The number of benzene rings is 7. The third-order valence-corrected chi connectivity index (χ3v) is 26.0. The second-order valence-corrected chi connectivity index (χ2v) is 35.5. The maximum atomic E-state index is 12.7. The van der Waals surface area contributed by atoms with Crippen LogP contribution >= 0.6 is 0 Å². The number of ether oxygens (including phenoxy) is 14. The van der Waals surface area contributed by atoms with Crippen molar-refractivity contribution in [3.05, 3.63) is 251 Å². The van der Waals surface area contributed by atoms with Crippen molar-refractivity contribution in [1.82, 2.24) is 37.2 Å². The molecule has 21 N–H and O–H groups in total. The van der Waals surface area contributed by atoms with Gasteiger partial charge in [0.2, 0.25) is 0 Å². The zero-order valence-corrected chi connectivity index (χ0v) is 74.2. The molecule has 0 spiro atoms. The first kappa shape index (κ1) is 101. The highest BCUT2D eigenvalue weighted by Gasteiger charge is 2.60. The normalized spacial score (nSPS) is 36.8. The zero-order chi connectivity index (χ0) is 92.7. The lowest BCUT2D eigenvalue weighted by Crippen LogP contribution is -2.69. The molecule has 0 radical (unpaired) electrons. The second-order valence-electron chi connectivity index (χ2n) is 35.5. The van der Waals surface area contributed by atoms with E-state index in [1.54, 1.807) is 0 Å². The van der Waals surface area contributed by atoms with Gasteiger partial charge in [-0.2, -0.15) is 0 Å². The van der Waals surface area contributed by atoms with Crippen LogP contribution < -0.4 is 37.2 Å². The van der Waals surface area contributed by atoms with Crippen LogP contribution in [0.25, 0.3) is 0 Å². The molecule has 0 unspecified atom stereocenters. The fraction of sp³-hybridized carbons (Fsp3) is 0.571. The van der Waals surface area contributed by atoms with Gasteiger partial charge in [0, 0.05) is 45.8 Å². The Balaban J connectivity index is 0.781. The SMILES string of the molecule is O[C@@H]1[C@H]2O[C@H]3[C@H](O)[C@@H](O)[C@@H](O[C@H]4[C@H](O)[C@@H](O)[C@@H](O[C@H]5[C@H](O)[C@@H](O)[C@@H](O[C@H]6[C@H](O)[C@@H](O)[C@@H](O[C@H]7[C@H](O)[C@@H](O)[C@@H](O[C@H]8[C@@H](O)[C@H](O)[C@@H](O[C@@H]([C@@H]1O)[C@@H](CNCCc1ccccc1)O2)O[C@@H]8CNCCc1ccccc1)O[C@H]7CNCCc1ccccc1)O[C@H]6CNCCc1ccccc1)O[C@H]5CNCCc1ccccc1)O[C@H]4CNCCc1ccccc1)O[C@@H]3CNCCc1ccccc1. The van der Waals surface area contributed by atoms with E-state index in [0.29, 0.717) is 90.8 Å². The predicted molar refractivity (Wildman–Crippen MR) is 480 cm³/mol. The highest BCUT2D eigenvalue weighted by atomic mass is 16.8. The molecule has 0 amide bonds. The summed E-state index contributed by atoms with van der Waals surface area (Å²) in [6.07, 6.45) is -58.9. The molecule has 133 heavy (non-hydrogen) atoms. The number of nitrogens with one attached hydrogen (secondary N) is 7. The number of hydrogen-bond donors (Lipinski definition) is 21. The molecule has 22 rings (SSSR count). The van der Waals surface area contributed by atoms with Crippen molar-refractivity contribution >= 4 is 0 Å². The van der Waals surface area contributed by atoms with E-state index >= 15 is 0 Å². The van der Waals surface area contributed by atoms with E-state index in [4.69, 9.17) is 66.3 Å². The highest BCUT2D eigenvalue weighted by molar-refractivity contribution is 5.21. The van der Waals surface area contributed by atoms with Crippen molar-refractivity contribution < 1.29 is 138 Å². The molecule has 35 nitrogen and oxygen atoms in total. The van der Waals surface area contributed by atoms with Gasteiger partial charge in [0.15, 0.2) is 44.0 Å². The summed E-state index contributed by atoms with van der Waals surface area (Å²) in [6, 6.07) is 67.1. The molecule has 0 aliphatic carbocycles. The van der Waals surface area contributed by atoms with Gasteiger partial charge in [-0.25, -0.2) is 0 Å². The van der Waals surface area contributed by atoms with E-state index in [9.17, 15) is 71.5 Å². The first-order valence-corrected chi connectivity index (χ1v) is 46.7. The molecule has 15 heterocycles. The summed E-state index contributed by atoms with van der Waals surface area (Å²) in [4.78, 5) is 0. The molecule has 15 fully saturated rings. The summed E-state index contributed by atoms with van der Waals surface area (Å²) >= 11 is 0. The van der Waals surface area contributed by atoms with Gasteiger partial charge < -0.3 is 175 Å². The third kappa shape index (κ3) is 26.8. The summed E-state index contributed by atoms with van der Waals surface area (Å²) < 4.78 is 93.4. The van der Waals surface area contributed by atoms with Gasteiger partial charge in [-0.1, -0.05) is 212 Å². The second kappa shape index (κ2) is 50.1. The molecule has 0 saturated carbocycles. The lowest BCUT2D eigenvalue weighted by atomic mass is 9.94. The number of fused-ring (bicyclic) bond motifs is 7. The Bertz CT molecular complexity index is 3670. The van der Waals surface area contributed by atoms with Gasteiger partial charge in [-0.05, 0) is 130 Å². The Morgan fingerprint density at radius 3 is 0.376 bits per heavy atom. The fourth-order valence-corrected chi connectivity index (χ4v) is 18.4. The minimum absolute atomic E-state index is 0.147. The number of hydrogen-bond acceptors (Lipinski definition) is 35. The predicted octanol–water partition coefficient (Wildman–Crippen LogP) is -2.35. The van der Waals surface area contributed by atoms with Gasteiger partial charge >= 0.3 is 0 Å². The van der Waals surface area contributed by atoms with E-state index in [0.717, 1.165) is 38.9 Å². The lowest BCUT2D eigenvalue weighted by Gasteiger charge is -2.50.